The maximum Gasteiger partial charge on any atom is 0.0741 e. The standard InChI is InChI=1S/C21H24N2.C2H6/c1-17-7-9-18(10-8-17)16-23-13-11-20(12-14-23)21(15-22)19-5-3-2-4-6-19;1-2/h2-10,20-21H,11-14,16H2,1H3;1-2H3. The lowest BCUT2D eigenvalue weighted by atomic mass is 9.81. The molecule has 1 aliphatic rings. The second-order valence-corrected chi connectivity index (χ2v) is 6.62. The Morgan fingerprint density at radius 1 is 1.00 bits per heavy atom. The first kappa shape index (κ1) is 19.2. The van der Waals surface area contributed by atoms with Crippen molar-refractivity contribution >= 4 is 0 Å². The van der Waals surface area contributed by atoms with Crippen LogP contribution in [0.2, 0.25) is 0 Å². The van der Waals surface area contributed by atoms with Crippen LogP contribution in [-0.4, -0.2) is 18.0 Å². The molecule has 1 heterocycles. The van der Waals surface area contributed by atoms with Crippen LogP contribution in [0.5, 0.6) is 0 Å². The monoisotopic (exact) mass is 334 g/mol. The van der Waals surface area contributed by atoms with Gasteiger partial charge in [-0.1, -0.05) is 74.0 Å². The molecule has 0 radical (unpaired) electrons. The van der Waals surface area contributed by atoms with Crippen LogP contribution in [0, 0.1) is 24.2 Å². The van der Waals surface area contributed by atoms with Crippen molar-refractivity contribution in [1.29, 1.82) is 5.26 Å². The third kappa shape index (κ3) is 5.44. The van der Waals surface area contributed by atoms with Gasteiger partial charge in [-0.15, -0.1) is 0 Å². The first-order valence-corrected chi connectivity index (χ1v) is 9.49. The maximum absolute atomic E-state index is 9.60. The minimum absolute atomic E-state index is 0.0396. The van der Waals surface area contributed by atoms with Crippen molar-refractivity contribution in [2.24, 2.45) is 5.92 Å². The number of hydrogen-bond acceptors (Lipinski definition) is 2. The summed E-state index contributed by atoms with van der Waals surface area (Å²) in [7, 11) is 0. The number of nitrogens with zero attached hydrogens (tertiary/aromatic N) is 2. The lowest BCUT2D eigenvalue weighted by Gasteiger charge is -2.34. The highest BCUT2D eigenvalue weighted by Crippen LogP contribution is 2.32. The maximum atomic E-state index is 9.60. The van der Waals surface area contributed by atoms with Crippen molar-refractivity contribution in [3.05, 3.63) is 71.3 Å². The van der Waals surface area contributed by atoms with Gasteiger partial charge in [0.25, 0.3) is 0 Å². The Morgan fingerprint density at radius 3 is 2.16 bits per heavy atom. The molecule has 2 aromatic rings. The Morgan fingerprint density at radius 2 is 1.60 bits per heavy atom. The molecule has 0 aromatic heterocycles. The lowest BCUT2D eigenvalue weighted by Crippen LogP contribution is -2.35. The van der Waals surface area contributed by atoms with E-state index in [1.807, 2.05) is 32.0 Å². The second kappa shape index (κ2) is 10.0. The third-order valence-corrected chi connectivity index (χ3v) is 4.93. The molecule has 2 aromatic carbocycles. The van der Waals surface area contributed by atoms with Crippen LogP contribution in [0.4, 0.5) is 0 Å². The van der Waals surface area contributed by atoms with Gasteiger partial charge < -0.3 is 0 Å². The molecule has 2 nitrogen and oxygen atoms in total. The number of likely N-dealkylation sites (tertiary alicyclic amines) is 1. The van der Waals surface area contributed by atoms with E-state index < -0.39 is 0 Å². The molecule has 0 spiro atoms. The molecule has 1 saturated heterocycles. The fourth-order valence-corrected chi connectivity index (χ4v) is 3.51. The average Bonchev–Trinajstić information content (AvgIpc) is 2.68. The molecule has 0 bridgehead atoms. The normalized spacial score (nSPS) is 16.4. The van der Waals surface area contributed by atoms with Gasteiger partial charge in [0.1, 0.15) is 0 Å². The Labute approximate surface area is 153 Å². The number of piperidine rings is 1. The summed E-state index contributed by atoms with van der Waals surface area (Å²) in [4.78, 5) is 2.51. The van der Waals surface area contributed by atoms with Crippen LogP contribution in [-0.2, 0) is 6.54 Å². The molecule has 0 amide bonds. The molecule has 0 saturated carbocycles. The van der Waals surface area contributed by atoms with E-state index in [4.69, 9.17) is 0 Å². The minimum Gasteiger partial charge on any atom is -0.299 e. The summed E-state index contributed by atoms with van der Waals surface area (Å²) in [6.07, 6.45) is 2.22. The average molecular weight is 335 g/mol. The quantitative estimate of drug-likeness (QED) is 0.734. The number of benzene rings is 2. The van der Waals surface area contributed by atoms with Crippen molar-refractivity contribution in [3.63, 3.8) is 0 Å². The predicted octanol–water partition coefficient (Wildman–Crippen LogP) is 5.54. The summed E-state index contributed by atoms with van der Waals surface area (Å²) in [5.74, 6) is 0.523. The minimum atomic E-state index is 0.0396. The van der Waals surface area contributed by atoms with Crippen LogP contribution in [0.3, 0.4) is 0 Å². The first-order valence-electron chi connectivity index (χ1n) is 9.49. The van der Waals surface area contributed by atoms with Crippen molar-refractivity contribution in [2.45, 2.75) is 46.1 Å². The molecule has 3 rings (SSSR count). The first-order chi connectivity index (χ1) is 12.3. The van der Waals surface area contributed by atoms with E-state index in [9.17, 15) is 5.26 Å². The van der Waals surface area contributed by atoms with Gasteiger partial charge in [-0.2, -0.15) is 5.26 Å². The van der Waals surface area contributed by atoms with Crippen molar-refractivity contribution in [3.8, 4) is 6.07 Å². The highest BCUT2D eigenvalue weighted by atomic mass is 15.1. The van der Waals surface area contributed by atoms with Gasteiger partial charge in [0, 0.05) is 6.54 Å². The fourth-order valence-electron chi connectivity index (χ4n) is 3.51. The van der Waals surface area contributed by atoms with Gasteiger partial charge >= 0.3 is 0 Å². The lowest BCUT2D eigenvalue weighted by molar-refractivity contribution is 0.171. The highest BCUT2D eigenvalue weighted by Gasteiger charge is 2.27. The molecule has 1 fully saturated rings. The summed E-state index contributed by atoms with van der Waals surface area (Å²) in [6.45, 7) is 9.32. The van der Waals surface area contributed by atoms with Gasteiger partial charge in [0.15, 0.2) is 0 Å². The van der Waals surface area contributed by atoms with E-state index in [1.165, 1.54) is 16.7 Å². The zero-order chi connectivity index (χ0) is 18.1. The largest absolute Gasteiger partial charge is 0.299 e. The second-order valence-electron chi connectivity index (χ2n) is 6.62. The zero-order valence-corrected chi connectivity index (χ0v) is 15.8. The molecule has 2 heteroatoms. The van der Waals surface area contributed by atoms with Crippen molar-refractivity contribution in [1.82, 2.24) is 4.90 Å². The smallest absolute Gasteiger partial charge is 0.0741 e. The van der Waals surface area contributed by atoms with Crippen LogP contribution in [0.15, 0.2) is 54.6 Å². The predicted molar refractivity (Wildman–Crippen MR) is 105 cm³/mol. The fraction of sp³-hybridized carbons (Fsp3) is 0.435. The highest BCUT2D eigenvalue weighted by molar-refractivity contribution is 5.26. The Hall–Kier alpha value is -2.11. The van der Waals surface area contributed by atoms with Crippen LogP contribution >= 0.6 is 0 Å². The Kier molecular flexibility index (Phi) is 7.70. The van der Waals surface area contributed by atoms with Gasteiger partial charge in [-0.3, -0.25) is 4.90 Å². The van der Waals surface area contributed by atoms with Crippen molar-refractivity contribution < 1.29 is 0 Å². The summed E-state index contributed by atoms with van der Waals surface area (Å²) >= 11 is 0. The van der Waals surface area contributed by atoms with Crippen LogP contribution in [0.25, 0.3) is 0 Å². The van der Waals surface area contributed by atoms with Gasteiger partial charge in [0.2, 0.25) is 0 Å². The Bertz CT molecular complexity index is 647. The molecular weight excluding hydrogens is 304 g/mol. The summed E-state index contributed by atoms with van der Waals surface area (Å²) in [5.41, 5.74) is 3.87. The van der Waals surface area contributed by atoms with Gasteiger partial charge in [-0.25, -0.2) is 0 Å². The van der Waals surface area contributed by atoms with Crippen molar-refractivity contribution in [2.75, 3.05) is 13.1 Å². The molecule has 0 N–H and O–H groups in total. The van der Waals surface area contributed by atoms with E-state index >= 15 is 0 Å². The summed E-state index contributed by atoms with van der Waals surface area (Å²) in [5, 5.41) is 9.60. The summed E-state index contributed by atoms with van der Waals surface area (Å²) < 4.78 is 0. The number of hydrogen-bond donors (Lipinski definition) is 0. The number of nitriles is 1. The van der Waals surface area contributed by atoms with E-state index in [0.29, 0.717) is 5.92 Å². The Balaban J connectivity index is 0.00000109. The third-order valence-electron chi connectivity index (χ3n) is 4.93. The van der Waals surface area contributed by atoms with E-state index in [2.05, 4.69) is 54.3 Å². The molecule has 1 atom stereocenters. The molecule has 1 unspecified atom stereocenters. The van der Waals surface area contributed by atoms with Gasteiger partial charge in [0.05, 0.1) is 12.0 Å². The van der Waals surface area contributed by atoms with Crippen LogP contribution < -0.4 is 0 Å². The summed E-state index contributed by atoms with van der Waals surface area (Å²) in [6, 6.07) is 21.6. The molecular formula is C23H30N2. The SMILES string of the molecule is CC.Cc1ccc(CN2CCC(C(C#N)c3ccccc3)CC2)cc1. The number of rotatable bonds is 4. The molecule has 132 valence electrons. The van der Waals surface area contributed by atoms with Crippen LogP contribution in [0.1, 0.15) is 49.3 Å². The van der Waals surface area contributed by atoms with E-state index in [0.717, 1.165) is 32.5 Å². The number of aryl methyl sites for hydroxylation is 1. The van der Waals surface area contributed by atoms with Gasteiger partial charge in [-0.05, 0) is 49.9 Å². The van der Waals surface area contributed by atoms with E-state index in [1.54, 1.807) is 0 Å². The molecule has 1 aliphatic heterocycles. The molecule has 25 heavy (non-hydrogen) atoms. The molecule has 0 aliphatic carbocycles. The zero-order valence-electron chi connectivity index (χ0n) is 15.8. The van der Waals surface area contributed by atoms with E-state index in [-0.39, 0.29) is 5.92 Å². The topological polar surface area (TPSA) is 27.0 Å².